The van der Waals surface area contributed by atoms with E-state index in [2.05, 4.69) is 10.00 Å². The third-order valence-electron chi connectivity index (χ3n) is 8.12. The van der Waals surface area contributed by atoms with E-state index in [-0.39, 0.29) is 36.0 Å². The van der Waals surface area contributed by atoms with Gasteiger partial charge in [0.1, 0.15) is 11.8 Å². The SMILES string of the molecule is COc1cc(N2CCC(OC3CCN(C(=O)OC(C)(C)C)CC3)CC2)c(-c2cnn(C3CCCCO3)c2)cc1[N+](=O)[O-]. The van der Waals surface area contributed by atoms with Crippen LogP contribution in [-0.2, 0) is 14.2 Å². The van der Waals surface area contributed by atoms with Crippen molar-refractivity contribution in [2.75, 3.05) is 44.8 Å². The highest BCUT2D eigenvalue weighted by atomic mass is 16.6. The molecule has 3 aliphatic heterocycles. The largest absolute Gasteiger partial charge is 0.490 e. The molecule has 12 heteroatoms. The average molecular weight is 586 g/mol. The first kappa shape index (κ1) is 30.1. The van der Waals surface area contributed by atoms with Crippen molar-refractivity contribution in [1.82, 2.24) is 14.7 Å². The van der Waals surface area contributed by atoms with Crippen molar-refractivity contribution in [2.24, 2.45) is 0 Å². The number of nitro groups is 1. The third-order valence-corrected chi connectivity index (χ3v) is 8.12. The lowest BCUT2D eigenvalue weighted by Gasteiger charge is -2.38. The molecular formula is C30H43N5O7. The van der Waals surface area contributed by atoms with Crippen LogP contribution in [-0.4, -0.2) is 83.4 Å². The van der Waals surface area contributed by atoms with Gasteiger partial charge in [-0.2, -0.15) is 5.10 Å². The second kappa shape index (κ2) is 12.9. The predicted octanol–water partition coefficient (Wildman–Crippen LogP) is 5.55. The fourth-order valence-corrected chi connectivity index (χ4v) is 5.93. The molecule has 1 amide bonds. The topological polar surface area (TPSA) is 121 Å². The van der Waals surface area contributed by atoms with Crippen LogP contribution in [0.25, 0.3) is 11.1 Å². The van der Waals surface area contributed by atoms with E-state index in [0.29, 0.717) is 19.7 Å². The highest BCUT2D eigenvalue weighted by Crippen LogP contribution is 2.42. The molecule has 1 atom stereocenters. The van der Waals surface area contributed by atoms with E-state index in [9.17, 15) is 14.9 Å². The Balaban J connectivity index is 1.25. The van der Waals surface area contributed by atoms with Crippen molar-refractivity contribution in [3.05, 3.63) is 34.6 Å². The first-order valence-electron chi connectivity index (χ1n) is 15.0. The van der Waals surface area contributed by atoms with Crippen molar-refractivity contribution in [3.63, 3.8) is 0 Å². The molecule has 0 aliphatic carbocycles. The third kappa shape index (κ3) is 7.15. The molecule has 1 aromatic carbocycles. The summed E-state index contributed by atoms with van der Waals surface area (Å²) in [7, 11) is 1.46. The van der Waals surface area contributed by atoms with E-state index in [0.717, 1.165) is 74.8 Å². The lowest BCUT2D eigenvalue weighted by molar-refractivity contribution is -0.385. The summed E-state index contributed by atoms with van der Waals surface area (Å²) in [5.41, 5.74) is 1.86. The van der Waals surface area contributed by atoms with Crippen LogP contribution in [0.4, 0.5) is 16.2 Å². The summed E-state index contributed by atoms with van der Waals surface area (Å²) < 4.78 is 25.1. The number of rotatable bonds is 7. The van der Waals surface area contributed by atoms with Gasteiger partial charge in [0.25, 0.3) is 0 Å². The van der Waals surface area contributed by atoms with E-state index in [4.69, 9.17) is 18.9 Å². The number of piperidine rings is 2. The lowest BCUT2D eigenvalue weighted by atomic mass is 10.0. The van der Waals surface area contributed by atoms with Crippen LogP contribution < -0.4 is 9.64 Å². The number of likely N-dealkylation sites (tertiary alicyclic amines) is 1. The van der Waals surface area contributed by atoms with Crippen LogP contribution in [0.3, 0.4) is 0 Å². The number of benzene rings is 1. The molecule has 2 aromatic rings. The van der Waals surface area contributed by atoms with Crippen LogP contribution in [0.5, 0.6) is 5.75 Å². The molecular weight excluding hydrogens is 542 g/mol. The quantitative estimate of drug-likeness (QED) is 0.304. The van der Waals surface area contributed by atoms with E-state index in [1.165, 1.54) is 7.11 Å². The fourth-order valence-electron chi connectivity index (χ4n) is 5.93. The molecule has 0 radical (unpaired) electrons. The minimum Gasteiger partial charge on any atom is -0.490 e. The number of anilines is 1. The van der Waals surface area contributed by atoms with Crippen LogP contribution in [0.15, 0.2) is 24.5 Å². The zero-order valence-corrected chi connectivity index (χ0v) is 25.1. The lowest BCUT2D eigenvalue weighted by Crippen LogP contribution is -2.45. The highest BCUT2D eigenvalue weighted by molar-refractivity contribution is 5.82. The van der Waals surface area contributed by atoms with Gasteiger partial charge < -0.3 is 28.7 Å². The molecule has 5 rings (SSSR count). The molecule has 230 valence electrons. The Hall–Kier alpha value is -3.38. The summed E-state index contributed by atoms with van der Waals surface area (Å²) in [4.78, 5) is 27.9. The van der Waals surface area contributed by atoms with Crippen LogP contribution >= 0.6 is 0 Å². The van der Waals surface area contributed by atoms with E-state index >= 15 is 0 Å². The first-order valence-corrected chi connectivity index (χ1v) is 15.0. The summed E-state index contributed by atoms with van der Waals surface area (Å²) in [6.07, 6.45) is 9.80. The maximum atomic E-state index is 12.4. The van der Waals surface area contributed by atoms with Gasteiger partial charge in [0.2, 0.25) is 0 Å². The number of ether oxygens (including phenoxy) is 4. The Morgan fingerprint density at radius 1 is 1.05 bits per heavy atom. The van der Waals surface area contributed by atoms with Crippen LogP contribution in [0, 0.1) is 10.1 Å². The molecule has 42 heavy (non-hydrogen) atoms. The second-order valence-corrected chi connectivity index (χ2v) is 12.3. The van der Waals surface area contributed by atoms with Crippen molar-refractivity contribution in [2.45, 2.75) is 89.8 Å². The maximum absolute atomic E-state index is 12.4. The number of carbonyl (C=O) groups excluding carboxylic acids is 1. The van der Waals surface area contributed by atoms with Crippen LogP contribution in [0.1, 0.15) is 71.9 Å². The second-order valence-electron chi connectivity index (χ2n) is 12.3. The number of hydrogen-bond donors (Lipinski definition) is 0. The molecule has 12 nitrogen and oxygen atoms in total. The van der Waals surface area contributed by atoms with Crippen molar-refractivity contribution >= 4 is 17.5 Å². The van der Waals surface area contributed by atoms with Gasteiger partial charge in [0, 0.05) is 67.9 Å². The van der Waals surface area contributed by atoms with Gasteiger partial charge in [-0.25, -0.2) is 9.48 Å². The number of aromatic nitrogens is 2. The Morgan fingerprint density at radius 2 is 1.74 bits per heavy atom. The van der Waals surface area contributed by atoms with Gasteiger partial charge in [-0.3, -0.25) is 10.1 Å². The molecule has 1 aromatic heterocycles. The number of amides is 1. The average Bonchev–Trinajstić information content (AvgIpc) is 3.47. The zero-order chi connectivity index (χ0) is 29.9. The summed E-state index contributed by atoms with van der Waals surface area (Å²) in [6, 6.07) is 3.37. The van der Waals surface area contributed by atoms with Gasteiger partial charge in [0.05, 0.1) is 30.4 Å². The molecule has 0 N–H and O–H groups in total. The fraction of sp³-hybridized carbons (Fsp3) is 0.667. The zero-order valence-electron chi connectivity index (χ0n) is 25.1. The van der Waals surface area contributed by atoms with Crippen molar-refractivity contribution in [1.29, 1.82) is 0 Å². The number of hydrogen-bond acceptors (Lipinski definition) is 9. The first-order chi connectivity index (χ1) is 20.1. The molecule has 3 aliphatic rings. The Labute approximate surface area is 247 Å². The Bertz CT molecular complexity index is 1240. The maximum Gasteiger partial charge on any atom is 0.410 e. The van der Waals surface area contributed by atoms with Crippen molar-refractivity contribution in [3.8, 4) is 16.9 Å². The number of nitro benzene ring substituents is 1. The summed E-state index contributed by atoms with van der Waals surface area (Å²) in [5, 5.41) is 16.4. The van der Waals surface area contributed by atoms with Gasteiger partial charge in [-0.1, -0.05) is 0 Å². The van der Waals surface area contributed by atoms with Crippen molar-refractivity contribution < 1.29 is 28.7 Å². The van der Waals surface area contributed by atoms with E-state index < -0.39 is 10.5 Å². The minimum atomic E-state index is -0.504. The van der Waals surface area contributed by atoms with Gasteiger partial charge in [-0.05, 0) is 65.7 Å². The minimum absolute atomic E-state index is 0.0751. The molecule has 3 fully saturated rings. The van der Waals surface area contributed by atoms with E-state index in [1.807, 2.05) is 31.6 Å². The molecule has 0 spiro atoms. The molecule has 1 unspecified atom stereocenters. The molecule has 0 saturated carbocycles. The van der Waals surface area contributed by atoms with E-state index in [1.54, 1.807) is 23.2 Å². The summed E-state index contributed by atoms with van der Waals surface area (Å²) in [5.74, 6) is 0.233. The number of carbonyl (C=O) groups is 1. The summed E-state index contributed by atoms with van der Waals surface area (Å²) >= 11 is 0. The Kier molecular flexibility index (Phi) is 9.22. The summed E-state index contributed by atoms with van der Waals surface area (Å²) in [6.45, 7) is 9.09. The standard InChI is InChI=1S/C30H43N5O7/c1-30(2,3)42-29(36)33-14-10-23(11-15-33)41-22-8-12-32(13-9-22)25-18-27(39-4)26(35(37)38)17-24(25)21-19-31-34(20-21)28-7-5-6-16-40-28/h17-20,22-23,28H,5-16H2,1-4H3. The predicted molar refractivity (Wildman–Crippen MR) is 157 cm³/mol. The molecule has 3 saturated heterocycles. The molecule has 0 bridgehead atoms. The Morgan fingerprint density at radius 3 is 2.33 bits per heavy atom. The monoisotopic (exact) mass is 585 g/mol. The number of nitrogens with zero attached hydrogens (tertiary/aromatic N) is 5. The smallest absolute Gasteiger partial charge is 0.410 e. The van der Waals surface area contributed by atoms with Crippen LogP contribution in [0.2, 0.25) is 0 Å². The number of methoxy groups -OCH3 is 1. The highest BCUT2D eigenvalue weighted by Gasteiger charge is 2.31. The normalized spacial score (nSPS) is 20.9. The van der Waals surface area contributed by atoms with Gasteiger partial charge in [0.15, 0.2) is 5.75 Å². The molecule has 4 heterocycles. The van der Waals surface area contributed by atoms with Gasteiger partial charge in [-0.15, -0.1) is 0 Å². The van der Waals surface area contributed by atoms with Gasteiger partial charge >= 0.3 is 11.8 Å².